The Kier molecular flexibility index (Phi) is 6.11. The van der Waals surface area contributed by atoms with Crippen LogP contribution in [0.1, 0.15) is 24.4 Å². The van der Waals surface area contributed by atoms with Gasteiger partial charge in [-0.2, -0.15) is 0 Å². The van der Waals surface area contributed by atoms with Crippen molar-refractivity contribution in [1.29, 1.82) is 0 Å². The number of amides is 1. The van der Waals surface area contributed by atoms with Gasteiger partial charge in [0.25, 0.3) is 0 Å². The summed E-state index contributed by atoms with van der Waals surface area (Å²) in [5.74, 6) is 1.73. The molecule has 0 bridgehead atoms. The number of nitrogens with zero attached hydrogens (tertiary/aromatic N) is 1. The highest BCUT2D eigenvalue weighted by molar-refractivity contribution is 5.92. The summed E-state index contributed by atoms with van der Waals surface area (Å²) in [6.45, 7) is 5.91. The second-order valence-electron chi connectivity index (χ2n) is 6.21. The molecule has 0 spiro atoms. The zero-order valence-electron chi connectivity index (χ0n) is 15.9. The molecular weight excluding hydrogens is 354 g/mol. The Balaban J connectivity index is 1.65. The fraction of sp³-hybridized carbons (Fsp3) is 0.182. The largest absolute Gasteiger partial charge is 0.493 e. The number of methoxy groups -OCH3 is 1. The summed E-state index contributed by atoms with van der Waals surface area (Å²) in [4.78, 5) is 20.0. The smallest absolute Gasteiger partial charge is 0.244 e. The molecule has 0 saturated carbocycles. The molecule has 1 atom stereocenters. The predicted octanol–water partition coefficient (Wildman–Crippen LogP) is 4.03. The summed E-state index contributed by atoms with van der Waals surface area (Å²) in [7, 11) is 1.57. The maximum Gasteiger partial charge on any atom is 0.244 e. The molecule has 1 heterocycles. The van der Waals surface area contributed by atoms with Crippen LogP contribution in [0.25, 0.3) is 17.1 Å². The average molecular weight is 377 g/mol. The third-order valence-electron chi connectivity index (χ3n) is 4.15. The molecule has 0 saturated heterocycles. The first-order valence-corrected chi connectivity index (χ1v) is 8.95. The molecule has 2 aromatic carbocycles. The molecule has 1 aromatic heterocycles. The highest BCUT2D eigenvalue weighted by Crippen LogP contribution is 2.28. The van der Waals surface area contributed by atoms with E-state index < -0.39 is 0 Å². The van der Waals surface area contributed by atoms with Gasteiger partial charge >= 0.3 is 0 Å². The molecule has 0 fully saturated rings. The van der Waals surface area contributed by atoms with Gasteiger partial charge in [-0.25, -0.2) is 4.98 Å². The van der Waals surface area contributed by atoms with Crippen LogP contribution in [0.15, 0.2) is 61.2 Å². The number of rotatable bonds is 8. The van der Waals surface area contributed by atoms with Gasteiger partial charge in [-0.1, -0.05) is 30.9 Å². The van der Waals surface area contributed by atoms with Gasteiger partial charge in [-0.05, 0) is 42.8 Å². The number of carbonyl (C=O) groups is 1. The van der Waals surface area contributed by atoms with E-state index in [2.05, 4.69) is 21.9 Å². The number of benzene rings is 2. The maximum atomic E-state index is 12.3. The molecule has 28 heavy (non-hydrogen) atoms. The van der Waals surface area contributed by atoms with E-state index in [0.717, 1.165) is 16.6 Å². The van der Waals surface area contributed by atoms with Gasteiger partial charge in [-0.15, -0.1) is 0 Å². The molecule has 3 rings (SSSR count). The van der Waals surface area contributed by atoms with E-state index >= 15 is 0 Å². The first-order valence-electron chi connectivity index (χ1n) is 8.95. The van der Waals surface area contributed by atoms with Crippen molar-refractivity contribution < 1.29 is 14.3 Å². The van der Waals surface area contributed by atoms with E-state index in [-0.39, 0.29) is 11.9 Å². The number of nitrogens with one attached hydrogen (secondary N) is 2. The van der Waals surface area contributed by atoms with E-state index in [1.165, 1.54) is 6.08 Å². The van der Waals surface area contributed by atoms with Crippen molar-refractivity contribution in [1.82, 2.24) is 15.3 Å². The van der Waals surface area contributed by atoms with Crippen LogP contribution in [0.3, 0.4) is 0 Å². The number of hydrogen-bond acceptors (Lipinski definition) is 4. The summed E-state index contributed by atoms with van der Waals surface area (Å²) in [5.41, 5.74) is 2.65. The SMILES string of the molecule is C=CCOc1ccc(/C=C/C(=O)NC(C)c2nc3ccccc3[nH]2)cc1OC. The lowest BCUT2D eigenvalue weighted by atomic mass is 10.2. The lowest BCUT2D eigenvalue weighted by Crippen LogP contribution is -2.25. The van der Waals surface area contributed by atoms with E-state index in [1.54, 1.807) is 25.3 Å². The fourth-order valence-electron chi connectivity index (χ4n) is 2.74. The summed E-state index contributed by atoms with van der Waals surface area (Å²) in [6.07, 6.45) is 4.87. The summed E-state index contributed by atoms with van der Waals surface area (Å²) in [5, 5.41) is 2.91. The average Bonchev–Trinajstić information content (AvgIpc) is 3.15. The molecule has 0 radical (unpaired) electrons. The van der Waals surface area contributed by atoms with Crippen molar-refractivity contribution >= 4 is 23.0 Å². The monoisotopic (exact) mass is 377 g/mol. The second kappa shape index (κ2) is 8.90. The number of carbonyl (C=O) groups excluding carboxylic acids is 1. The zero-order valence-corrected chi connectivity index (χ0v) is 15.9. The highest BCUT2D eigenvalue weighted by Gasteiger charge is 2.12. The van der Waals surface area contributed by atoms with Crippen LogP contribution in [-0.2, 0) is 4.79 Å². The van der Waals surface area contributed by atoms with Crippen molar-refractivity contribution in [2.45, 2.75) is 13.0 Å². The molecule has 0 aliphatic heterocycles. The third kappa shape index (κ3) is 4.59. The van der Waals surface area contributed by atoms with E-state index in [9.17, 15) is 4.79 Å². The van der Waals surface area contributed by atoms with Gasteiger partial charge in [0.05, 0.1) is 24.2 Å². The van der Waals surface area contributed by atoms with Gasteiger partial charge in [0.1, 0.15) is 12.4 Å². The number of para-hydroxylation sites is 2. The van der Waals surface area contributed by atoms with Gasteiger partial charge in [-0.3, -0.25) is 4.79 Å². The van der Waals surface area contributed by atoms with E-state index in [0.29, 0.717) is 23.9 Å². The summed E-state index contributed by atoms with van der Waals surface area (Å²) >= 11 is 0. The normalized spacial score (nSPS) is 12.1. The molecular formula is C22H23N3O3. The molecule has 1 unspecified atom stereocenters. The second-order valence-corrected chi connectivity index (χ2v) is 6.21. The standard InChI is InChI=1S/C22H23N3O3/c1-4-13-28-19-11-9-16(14-20(19)27-3)10-12-21(26)23-15(2)22-24-17-7-5-6-8-18(17)25-22/h4-12,14-15H,1,13H2,2-3H3,(H,23,26)(H,24,25)/b12-10+. The van der Waals surface area contributed by atoms with Gasteiger partial charge in [0.15, 0.2) is 11.5 Å². The first kappa shape index (κ1) is 19.2. The molecule has 0 aliphatic carbocycles. The molecule has 1 amide bonds. The third-order valence-corrected chi connectivity index (χ3v) is 4.15. The molecule has 2 N–H and O–H groups in total. The molecule has 6 heteroatoms. The van der Waals surface area contributed by atoms with Crippen LogP contribution in [0, 0.1) is 0 Å². The number of H-pyrrole nitrogens is 1. The van der Waals surface area contributed by atoms with Crippen LogP contribution in [0.5, 0.6) is 11.5 Å². The Morgan fingerprint density at radius 1 is 1.29 bits per heavy atom. The van der Waals surface area contributed by atoms with Crippen molar-refractivity contribution in [3.8, 4) is 11.5 Å². The van der Waals surface area contributed by atoms with Crippen LogP contribution in [0.4, 0.5) is 0 Å². The minimum absolute atomic E-state index is 0.209. The van der Waals surface area contributed by atoms with Crippen LogP contribution in [-0.4, -0.2) is 29.6 Å². The fourth-order valence-corrected chi connectivity index (χ4v) is 2.74. The first-order chi connectivity index (χ1) is 13.6. The number of aromatic nitrogens is 2. The highest BCUT2D eigenvalue weighted by atomic mass is 16.5. The van der Waals surface area contributed by atoms with Gasteiger partial charge < -0.3 is 19.8 Å². The van der Waals surface area contributed by atoms with Gasteiger partial charge in [0, 0.05) is 6.08 Å². The number of aromatic amines is 1. The van der Waals surface area contributed by atoms with E-state index in [1.807, 2.05) is 43.3 Å². The van der Waals surface area contributed by atoms with Crippen molar-refractivity contribution in [2.24, 2.45) is 0 Å². The number of imidazole rings is 1. The van der Waals surface area contributed by atoms with Crippen LogP contribution >= 0.6 is 0 Å². The number of fused-ring (bicyclic) bond motifs is 1. The van der Waals surface area contributed by atoms with Crippen molar-refractivity contribution in [2.75, 3.05) is 13.7 Å². The Morgan fingerprint density at radius 3 is 2.86 bits per heavy atom. The minimum Gasteiger partial charge on any atom is -0.493 e. The van der Waals surface area contributed by atoms with Crippen molar-refractivity contribution in [3.63, 3.8) is 0 Å². The Hall–Kier alpha value is -3.54. The summed E-state index contributed by atoms with van der Waals surface area (Å²) < 4.78 is 10.9. The lowest BCUT2D eigenvalue weighted by molar-refractivity contribution is -0.117. The zero-order chi connectivity index (χ0) is 19.9. The molecule has 0 aliphatic rings. The van der Waals surface area contributed by atoms with Crippen LogP contribution < -0.4 is 14.8 Å². The topological polar surface area (TPSA) is 76.2 Å². The Labute approximate surface area is 163 Å². The molecule has 144 valence electrons. The lowest BCUT2D eigenvalue weighted by Gasteiger charge is -2.10. The predicted molar refractivity (Wildman–Crippen MR) is 110 cm³/mol. The Morgan fingerprint density at radius 2 is 2.11 bits per heavy atom. The minimum atomic E-state index is -0.242. The van der Waals surface area contributed by atoms with E-state index in [4.69, 9.17) is 9.47 Å². The Bertz CT molecular complexity index is 974. The van der Waals surface area contributed by atoms with Crippen molar-refractivity contribution in [3.05, 3.63) is 72.6 Å². The number of hydrogen-bond donors (Lipinski definition) is 2. The molecule has 6 nitrogen and oxygen atoms in total. The summed E-state index contributed by atoms with van der Waals surface area (Å²) in [6, 6.07) is 13.0. The quantitative estimate of drug-likeness (QED) is 0.459. The maximum absolute atomic E-state index is 12.3. The number of ether oxygens (including phenoxy) is 2. The van der Waals surface area contributed by atoms with Gasteiger partial charge in [0.2, 0.25) is 5.91 Å². The molecule has 3 aromatic rings. The van der Waals surface area contributed by atoms with Crippen LogP contribution in [0.2, 0.25) is 0 Å².